The molecule has 1 heterocycles. The van der Waals surface area contributed by atoms with Crippen LogP contribution >= 0.6 is 15.9 Å². The van der Waals surface area contributed by atoms with Crippen LogP contribution in [0.2, 0.25) is 0 Å². The Balaban J connectivity index is 2.39. The minimum absolute atomic E-state index is 0.694. The minimum Gasteiger partial charge on any atom is -0.397 e. The van der Waals surface area contributed by atoms with Gasteiger partial charge in [0.2, 0.25) is 0 Å². The first kappa shape index (κ1) is 9.16. The summed E-state index contributed by atoms with van der Waals surface area (Å²) in [5.41, 5.74) is 9.22. The molecule has 2 N–H and O–H groups in total. The van der Waals surface area contributed by atoms with Crippen molar-refractivity contribution in [2.24, 2.45) is 0 Å². The zero-order chi connectivity index (χ0) is 10.4. The van der Waals surface area contributed by atoms with Crippen molar-refractivity contribution in [2.45, 2.75) is 18.8 Å². The third kappa shape index (κ3) is 1.42. The van der Waals surface area contributed by atoms with Crippen LogP contribution in [0, 0.1) is 0 Å². The van der Waals surface area contributed by atoms with Crippen molar-refractivity contribution in [1.29, 1.82) is 0 Å². The van der Waals surface area contributed by atoms with Gasteiger partial charge in [-0.1, -0.05) is 0 Å². The Morgan fingerprint density at radius 1 is 1.40 bits per heavy atom. The van der Waals surface area contributed by atoms with E-state index in [9.17, 15) is 0 Å². The number of fused-ring (bicyclic) bond motifs is 1. The van der Waals surface area contributed by atoms with Gasteiger partial charge in [0, 0.05) is 16.1 Å². The van der Waals surface area contributed by atoms with Gasteiger partial charge >= 0.3 is 0 Å². The third-order valence-corrected chi connectivity index (χ3v) is 3.58. The molecule has 1 aromatic carbocycles. The van der Waals surface area contributed by atoms with E-state index in [2.05, 4.69) is 27.0 Å². The van der Waals surface area contributed by atoms with Crippen LogP contribution in [0.1, 0.15) is 24.3 Å². The van der Waals surface area contributed by atoms with E-state index in [-0.39, 0.29) is 0 Å². The molecule has 15 heavy (non-hydrogen) atoms. The second-order valence-corrected chi connectivity index (χ2v) is 4.89. The van der Waals surface area contributed by atoms with Crippen molar-refractivity contribution < 1.29 is 0 Å². The quantitative estimate of drug-likeness (QED) is 0.800. The lowest BCUT2D eigenvalue weighted by Crippen LogP contribution is -1.94. The van der Waals surface area contributed by atoms with Crippen molar-refractivity contribution in [3.05, 3.63) is 34.4 Å². The molecule has 0 spiro atoms. The maximum absolute atomic E-state index is 6.02. The van der Waals surface area contributed by atoms with Crippen LogP contribution in [0.3, 0.4) is 0 Å². The number of hydrogen-bond acceptors (Lipinski definition) is 2. The molecule has 0 amide bonds. The molecular formula is C12H11BrN2. The number of aromatic nitrogens is 1. The number of benzene rings is 1. The summed E-state index contributed by atoms with van der Waals surface area (Å²) in [5, 5.41) is 1.06. The number of nitrogens with two attached hydrogens (primary N) is 1. The fourth-order valence-electron chi connectivity index (χ4n) is 1.97. The smallest absolute Gasteiger partial charge is 0.0758 e. The molecule has 3 heteroatoms. The maximum atomic E-state index is 6.02. The highest BCUT2D eigenvalue weighted by Crippen LogP contribution is 2.45. The van der Waals surface area contributed by atoms with Crippen LogP contribution in [-0.2, 0) is 0 Å². The number of anilines is 1. The molecule has 0 bridgehead atoms. The van der Waals surface area contributed by atoms with Gasteiger partial charge in [-0.05, 0) is 58.5 Å². The average Bonchev–Trinajstić information content (AvgIpc) is 3.07. The van der Waals surface area contributed by atoms with E-state index in [0.29, 0.717) is 5.92 Å². The summed E-state index contributed by atoms with van der Waals surface area (Å²) < 4.78 is 0.991. The third-order valence-electron chi connectivity index (χ3n) is 2.93. The normalized spacial score (nSPS) is 15.8. The highest BCUT2D eigenvalue weighted by molar-refractivity contribution is 9.10. The summed E-state index contributed by atoms with van der Waals surface area (Å²) in [6.07, 6.45) is 4.39. The number of nitrogen functional groups attached to an aromatic ring is 1. The number of hydrogen-bond donors (Lipinski definition) is 1. The van der Waals surface area contributed by atoms with Gasteiger partial charge in [0.05, 0.1) is 11.2 Å². The predicted octanol–water partition coefficient (Wildman–Crippen LogP) is 3.46. The molecule has 3 rings (SSSR count). The lowest BCUT2D eigenvalue weighted by Gasteiger charge is -2.08. The van der Waals surface area contributed by atoms with Gasteiger partial charge in [0.25, 0.3) is 0 Å². The molecule has 1 saturated carbocycles. The molecule has 0 saturated heterocycles. The summed E-state index contributed by atoms with van der Waals surface area (Å²) in [5.74, 6) is 0.694. The number of nitrogens with zero attached hydrogens (tertiary/aromatic N) is 1. The maximum Gasteiger partial charge on any atom is 0.0758 e. The molecule has 0 aliphatic heterocycles. The topological polar surface area (TPSA) is 38.9 Å². The van der Waals surface area contributed by atoms with Gasteiger partial charge in [0.1, 0.15) is 0 Å². The van der Waals surface area contributed by atoms with E-state index < -0.39 is 0 Å². The molecule has 2 aromatic rings. The second-order valence-electron chi connectivity index (χ2n) is 4.04. The van der Waals surface area contributed by atoms with Gasteiger partial charge < -0.3 is 5.73 Å². The van der Waals surface area contributed by atoms with Crippen LogP contribution in [0.25, 0.3) is 10.9 Å². The van der Waals surface area contributed by atoms with Crippen LogP contribution in [0.5, 0.6) is 0 Å². The van der Waals surface area contributed by atoms with E-state index >= 15 is 0 Å². The van der Waals surface area contributed by atoms with Crippen LogP contribution in [0.4, 0.5) is 5.69 Å². The Labute approximate surface area is 96.6 Å². The Bertz CT molecular complexity index is 532. The van der Waals surface area contributed by atoms with Crippen LogP contribution in [0.15, 0.2) is 28.9 Å². The molecule has 1 aliphatic carbocycles. The molecule has 0 atom stereocenters. The Hall–Kier alpha value is -1.09. The minimum atomic E-state index is 0.694. The molecule has 1 fully saturated rings. The first-order valence-electron chi connectivity index (χ1n) is 5.10. The summed E-state index contributed by atoms with van der Waals surface area (Å²) in [6.45, 7) is 0. The summed E-state index contributed by atoms with van der Waals surface area (Å²) >= 11 is 3.51. The highest BCUT2D eigenvalue weighted by Gasteiger charge is 2.26. The SMILES string of the molecule is Nc1c(Br)cc(C2CC2)c2ncccc12. The molecule has 1 aliphatic rings. The first-order chi connectivity index (χ1) is 7.27. The monoisotopic (exact) mass is 262 g/mol. The van der Waals surface area contributed by atoms with Gasteiger partial charge in [-0.15, -0.1) is 0 Å². The molecular weight excluding hydrogens is 252 g/mol. The second kappa shape index (κ2) is 3.20. The van der Waals surface area contributed by atoms with E-state index in [1.54, 1.807) is 0 Å². The standard InChI is InChI=1S/C12H11BrN2/c13-10-6-9(7-3-4-7)12-8(11(10)14)2-1-5-15-12/h1-2,5-7H,3-4,14H2. The van der Waals surface area contributed by atoms with Gasteiger partial charge in [-0.3, -0.25) is 4.98 Å². The van der Waals surface area contributed by atoms with E-state index in [0.717, 1.165) is 21.1 Å². The fourth-order valence-corrected chi connectivity index (χ4v) is 2.43. The molecule has 0 radical (unpaired) electrons. The summed E-state index contributed by atoms with van der Waals surface area (Å²) in [4.78, 5) is 4.44. The van der Waals surface area contributed by atoms with E-state index in [4.69, 9.17) is 5.73 Å². The van der Waals surface area contributed by atoms with Crippen molar-refractivity contribution in [1.82, 2.24) is 4.98 Å². The lowest BCUT2D eigenvalue weighted by molar-refractivity contribution is 1.13. The van der Waals surface area contributed by atoms with Crippen molar-refractivity contribution in [3.8, 4) is 0 Å². The Morgan fingerprint density at radius 3 is 2.93 bits per heavy atom. The molecule has 76 valence electrons. The zero-order valence-corrected chi connectivity index (χ0v) is 9.79. The van der Waals surface area contributed by atoms with E-state index in [1.165, 1.54) is 18.4 Å². The molecule has 2 nitrogen and oxygen atoms in total. The largest absolute Gasteiger partial charge is 0.397 e. The van der Waals surface area contributed by atoms with Gasteiger partial charge in [-0.2, -0.15) is 0 Å². The lowest BCUT2D eigenvalue weighted by atomic mass is 10.0. The summed E-state index contributed by atoms with van der Waals surface area (Å²) in [7, 11) is 0. The Morgan fingerprint density at radius 2 is 2.20 bits per heavy atom. The Kier molecular flexibility index (Phi) is 1.96. The number of halogens is 1. The molecule has 1 aromatic heterocycles. The zero-order valence-electron chi connectivity index (χ0n) is 8.20. The van der Waals surface area contributed by atoms with Gasteiger partial charge in [-0.25, -0.2) is 0 Å². The average molecular weight is 263 g/mol. The van der Waals surface area contributed by atoms with Crippen molar-refractivity contribution in [2.75, 3.05) is 5.73 Å². The highest BCUT2D eigenvalue weighted by atomic mass is 79.9. The molecule has 0 unspecified atom stereocenters. The fraction of sp³-hybridized carbons (Fsp3) is 0.250. The van der Waals surface area contributed by atoms with Crippen LogP contribution in [-0.4, -0.2) is 4.98 Å². The number of rotatable bonds is 1. The van der Waals surface area contributed by atoms with Gasteiger partial charge in [0.15, 0.2) is 0 Å². The van der Waals surface area contributed by atoms with Crippen molar-refractivity contribution in [3.63, 3.8) is 0 Å². The van der Waals surface area contributed by atoms with E-state index in [1.807, 2.05) is 18.3 Å². The first-order valence-corrected chi connectivity index (χ1v) is 5.89. The number of pyridine rings is 1. The predicted molar refractivity (Wildman–Crippen MR) is 65.8 cm³/mol. The van der Waals surface area contributed by atoms with Crippen LogP contribution < -0.4 is 5.73 Å². The van der Waals surface area contributed by atoms with Crippen molar-refractivity contribution >= 4 is 32.5 Å². The summed E-state index contributed by atoms with van der Waals surface area (Å²) in [6, 6.07) is 6.10.